The maximum Gasteiger partial charge on any atom is 0.164 e. The number of allylic oxidation sites excluding steroid dienone is 1. The molecule has 14 heavy (non-hydrogen) atoms. The van der Waals surface area contributed by atoms with Crippen LogP contribution >= 0.6 is 11.6 Å². The van der Waals surface area contributed by atoms with Gasteiger partial charge in [-0.3, -0.25) is 0 Å². The van der Waals surface area contributed by atoms with Gasteiger partial charge in [0.2, 0.25) is 0 Å². The minimum Gasteiger partial charge on any atom is -0.241 e. The van der Waals surface area contributed by atoms with E-state index in [0.717, 1.165) is 10.6 Å². The summed E-state index contributed by atoms with van der Waals surface area (Å²) in [6.07, 6.45) is 3.83. The molecule has 0 aromatic heterocycles. The molecule has 2 heteroatoms. The van der Waals surface area contributed by atoms with Gasteiger partial charge in [0.1, 0.15) is 14.1 Å². The largest absolute Gasteiger partial charge is 0.241 e. The number of rotatable bonds is 2. The molecule has 1 nitrogen and oxygen atoms in total. The van der Waals surface area contributed by atoms with Gasteiger partial charge in [-0.25, -0.2) is 4.58 Å². The Morgan fingerprint density at radius 3 is 2.29 bits per heavy atom. The van der Waals surface area contributed by atoms with Crippen LogP contribution in [0.1, 0.15) is 11.1 Å². The summed E-state index contributed by atoms with van der Waals surface area (Å²) in [5.74, 6) is 0. The maximum atomic E-state index is 6.11. The zero-order valence-electron chi connectivity index (χ0n) is 8.79. The average molecular weight is 209 g/mol. The molecule has 0 unspecified atom stereocenters. The van der Waals surface area contributed by atoms with E-state index in [0.29, 0.717) is 0 Å². The van der Waals surface area contributed by atoms with Gasteiger partial charge in [-0.1, -0.05) is 41.4 Å². The summed E-state index contributed by atoms with van der Waals surface area (Å²) in [6, 6.07) is 8.16. The van der Waals surface area contributed by atoms with Crippen LogP contribution in [0.5, 0.6) is 0 Å². The lowest BCUT2D eigenvalue weighted by Gasteiger charge is -1.97. The van der Waals surface area contributed by atoms with E-state index < -0.39 is 0 Å². The highest BCUT2D eigenvalue weighted by Gasteiger charge is 1.96. The van der Waals surface area contributed by atoms with E-state index in [9.17, 15) is 0 Å². The third kappa shape index (κ3) is 3.35. The lowest BCUT2D eigenvalue weighted by Crippen LogP contribution is -1.95. The lowest BCUT2D eigenvalue weighted by atomic mass is 10.1. The van der Waals surface area contributed by atoms with Crippen LogP contribution in [-0.2, 0) is 0 Å². The van der Waals surface area contributed by atoms with Crippen molar-refractivity contribution in [1.82, 2.24) is 0 Å². The van der Waals surface area contributed by atoms with Gasteiger partial charge in [0.15, 0.2) is 6.21 Å². The molecule has 0 N–H and O–H groups in total. The normalized spacial score (nSPS) is 11.3. The van der Waals surface area contributed by atoms with Crippen molar-refractivity contribution >= 4 is 22.8 Å². The highest BCUT2D eigenvalue weighted by atomic mass is 35.5. The molecule has 0 spiro atoms. The number of halogens is 1. The quantitative estimate of drug-likeness (QED) is 0.520. The minimum atomic E-state index is 0.763. The second kappa shape index (κ2) is 4.97. The van der Waals surface area contributed by atoms with Crippen molar-refractivity contribution < 1.29 is 4.58 Å². The molecule has 74 valence electrons. The molecule has 1 rings (SSSR count). The smallest absolute Gasteiger partial charge is 0.164 e. The maximum absolute atomic E-state index is 6.11. The van der Waals surface area contributed by atoms with E-state index in [1.165, 1.54) is 5.56 Å². The predicted octanol–water partition coefficient (Wildman–Crippen LogP) is 2.92. The summed E-state index contributed by atoms with van der Waals surface area (Å²) < 4.78 is 1.95. The second-order valence-corrected chi connectivity index (χ2v) is 3.90. The Labute approximate surface area is 90.3 Å². The summed E-state index contributed by atoms with van der Waals surface area (Å²) in [5, 5.41) is 0.763. The van der Waals surface area contributed by atoms with Crippen LogP contribution in [0.25, 0.3) is 5.03 Å². The van der Waals surface area contributed by atoms with Gasteiger partial charge in [0, 0.05) is 6.08 Å². The molecule has 0 heterocycles. The molecular formula is C12H15ClN+. The molecule has 0 aliphatic heterocycles. The molecular weight excluding hydrogens is 194 g/mol. The van der Waals surface area contributed by atoms with Crippen LogP contribution in [0.4, 0.5) is 0 Å². The van der Waals surface area contributed by atoms with E-state index >= 15 is 0 Å². The molecule has 0 aliphatic carbocycles. The Hall–Kier alpha value is -1.08. The molecule has 0 atom stereocenters. The summed E-state index contributed by atoms with van der Waals surface area (Å²) in [4.78, 5) is 0. The van der Waals surface area contributed by atoms with Gasteiger partial charge in [0.25, 0.3) is 0 Å². The standard InChI is InChI=1S/C12H15ClN/c1-10-4-6-11(7-5-10)12(13)8-9-14(2)3/h4-9H,1-3H3/q+1. The molecule has 1 aromatic carbocycles. The third-order valence-electron chi connectivity index (χ3n) is 1.85. The fraction of sp³-hybridized carbons (Fsp3) is 0.250. The van der Waals surface area contributed by atoms with Crippen LogP contribution in [-0.4, -0.2) is 24.9 Å². The SMILES string of the molecule is Cc1ccc(C(Cl)=CC=[N+](C)C)cc1. The Kier molecular flexibility index (Phi) is 3.90. The van der Waals surface area contributed by atoms with Crippen LogP contribution in [0, 0.1) is 6.92 Å². The van der Waals surface area contributed by atoms with Crippen molar-refractivity contribution in [3.8, 4) is 0 Å². The molecule has 0 saturated heterocycles. The van der Waals surface area contributed by atoms with E-state index in [2.05, 4.69) is 19.1 Å². The highest BCUT2D eigenvalue weighted by molar-refractivity contribution is 6.49. The number of hydrogen-bond acceptors (Lipinski definition) is 0. The van der Waals surface area contributed by atoms with Gasteiger partial charge in [-0.2, -0.15) is 0 Å². The van der Waals surface area contributed by atoms with Crippen LogP contribution in [0.3, 0.4) is 0 Å². The van der Waals surface area contributed by atoms with Crippen molar-refractivity contribution in [2.24, 2.45) is 0 Å². The monoisotopic (exact) mass is 208 g/mol. The van der Waals surface area contributed by atoms with Gasteiger partial charge in [-0.15, -0.1) is 0 Å². The molecule has 0 aliphatic rings. The first-order valence-corrected chi connectivity index (χ1v) is 4.91. The zero-order valence-corrected chi connectivity index (χ0v) is 9.55. The Bertz CT molecular complexity index is 356. The van der Waals surface area contributed by atoms with Crippen molar-refractivity contribution in [3.63, 3.8) is 0 Å². The molecule has 0 radical (unpaired) electrons. The first-order chi connectivity index (χ1) is 6.59. The van der Waals surface area contributed by atoms with Crippen LogP contribution in [0.15, 0.2) is 30.3 Å². The molecule has 0 amide bonds. The first kappa shape index (κ1) is 11.0. The van der Waals surface area contributed by atoms with Crippen molar-refractivity contribution in [2.75, 3.05) is 14.1 Å². The van der Waals surface area contributed by atoms with Crippen LogP contribution in [0.2, 0.25) is 0 Å². The molecule has 1 aromatic rings. The van der Waals surface area contributed by atoms with Gasteiger partial charge < -0.3 is 0 Å². The average Bonchev–Trinajstić information content (AvgIpc) is 2.15. The minimum absolute atomic E-state index is 0.763. The molecule has 0 fully saturated rings. The second-order valence-electron chi connectivity index (χ2n) is 3.49. The topological polar surface area (TPSA) is 3.01 Å². The number of benzene rings is 1. The van der Waals surface area contributed by atoms with Gasteiger partial charge in [-0.05, 0) is 12.5 Å². The molecule has 0 bridgehead atoms. The summed E-state index contributed by atoms with van der Waals surface area (Å²) in [7, 11) is 3.94. The van der Waals surface area contributed by atoms with Crippen molar-refractivity contribution in [3.05, 3.63) is 41.5 Å². The Morgan fingerprint density at radius 2 is 1.79 bits per heavy atom. The third-order valence-corrected chi connectivity index (χ3v) is 2.19. The van der Waals surface area contributed by atoms with E-state index in [4.69, 9.17) is 11.6 Å². The summed E-state index contributed by atoms with van der Waals surface area (Å²) in [5.41, 5.74) is 2.30. The number of aryl methyl sites for hydroxylation is 1. The summed E-state index contributed by atoms with van der Waals surface area (Å²) >= 11 is 6.11. The lowest BCUT2D eigenvalue weighted by molar-refractivity contribution is -0.458. The zero-order chi connectivity index (χ0) is 10.6. The molecule has 0 saturated carbocycles. The van der Waals surface area contributed by atoms with Crippen molar-refractivity contribution in [1.29, 1.82) is 0 Å². The van der Waals surface area contributed by atoms with E-state index in [-0.39, 0.29) is 0 Å². The van der Waals surface area contributed by atoms with Crippen LogP contribution < -0.4 is 0 Å². The predicted molar refractivity (Wildman–Crippen MR) is 63.2 cm³/mol. The van der Waals surface area contributed by atoms with Gasteiger partial charge >= 0.3 is 0 Å². The Balaban J connectivity index is 2.89. The fourth-order valence-electron chi connectivity index (χ4n) is 1.02. The first-order valence-electron chi connectivity index (χ1n) is 4.53. The van der Waals surface area contributed by atoms with Gasteiger partial charge in [0.05, 0.1) is 5.03 Å². The Morgan fingerprint density at radius 1 is 1.21 bits per heavy atom. The van der Waals surface area contributed by atoms with Crippen molar-refractivity contribution in [2.45, 2.75) is 6.92 Å². The fourth-order valence-corrected chi connectivity index (χ4v) is 1.21. The van der Waals surface area contributed by atoms with E-state index in [1.807, 2.05) is 43.1 Å². The van der Waals surface area contributed by atoms with E-state index in [1.54, 1.807) is 0 Å². The number of nitrogens with zero attached hydrogens (tertiary/aromatic N) is 1. The summed E-state index contributed by atoms with van der Waals surface area (Å²) in [6.45, 7) is 2.06. The highest BCUT2D eigenvalue weighted by Crippen LogP contribution is 2.18. The number of hydrogen-bond donors (Lipinski definition) is 0.